The predicted molar refractivity (Wildman–Crippen MR) is 6.51 cm³/mol. The van der Waals surface area contributed by atoms with E-state index in [2.05, 4.69) is 0 Å². The van der Waals surface area contributed by atoms with Crippen LogP contribution in [0.4, 0.5) is 4.79 Å². The zero-order valence-electron chi connectivity index (χ0n) is 3.22. The van der Waals surface area contributed by atoms with Crippen LogP contribution in [0, 0.1) is 41.7 Å². The second-order valence-corrected chi connectivity index (χ2v) is 0.250. The molecule has 0 aromatic heterocycles. The van der Waals surface area contributed by atoms with Gasteiger partial charge in [0.15, 0.2) is 0 Å². The summed E-state index contributed by atoms with van der Waals surface area (Å²) in [5, 5.41) is 16.7. The number of carboxylic acid groups (broad SMARTS) is 2. The van der Waals surface area contributed by atoms with Gasteiger partial charge in [0.2, 0.25) is 0 Å². The number of hydrogen-bond acceptors (Lipinski definition) is 3. The second-order valence-electron chi connectivity index (χ2n) is 0.250. The van der Waals surface area contributed by atoms with Gasteiger partial charge < -0.3 is 15.0 Å². The first-order chi connectivity index (χ1) is 1.73. The smallest absolute Gasteiger partial charge is 0.652 e. The molecule has 25 valence electrons. The van der Waals surface area contributed by atoms with Gasteiger partial charge in [-0.25, -0.2) is 0 Å². The molecule has 0 N–H and O–H groups in total. The maximum Gasteiger partial charge on any atom is 3.00 e. The molecule has 0 spiro atoms. The quantitative estimate of drug-likeness (QED) is 0.441. The molecule has 0 saturated carbocycles. The van der Waals surface area contributed by atoms with E-state index < -0.39 is 6.16 Å². The van der Waals surface area contributed by atoms with Crippen LogP contribution in [0.2, 0.25) is 0 Å². The topological polar surface area (TPSA) is 63.2 Å². The van der Waals surface area contributed by atoms with Crippen LogP contribution in [-0.4, -0.2) is 6.16 Å². The van der Waals surface area contributed by atoms with Crippen molar-refractivity contribution in [2.75, 3.05) is 0 Å². The molecule has 5 heavy (non-hydrogen) atoms. The fourth-order valence-corrected chi connectivity index (χ4v) is 0. The summed E-state index contributed by atoms with van der Waals surface area (Å²) in [5.41, 5.74) is 0. The summed E-state index contributed by atoms with van der Waals surface area (Å²) in [6.45, 7) is 0. The first-order valence-corrected chi connectivity index (χ1v) is 0.612. The Labute approximate surface area is 63.9 Å². The molecule has 0 aromatic carbocycles. The molecule has 0 fully saturated rings. The van der Waals surface area contributed by atoms with E-state index in [9.17, 15) is 0 Å². The van der Waals surface area contributed by atoms with Crippen molar-refractivity contribution in [3.63, 3.8) is 0 Å². The summed E-state index contributed by atoms with van der Waals surface area (Å²) < 4.78 is 0. The number of rotatable bonds is 0. The van der Waals surface area contributed by atoms with Crippen molar-refractivity contribution in [3.05, 3.63) is 0 Å². The number of carbonyl (C=O) groups is 1. The summed E-state index contributed by atoms with van der Waals surface area (Å²) in [6.07, 6.45) is -2.33. The predicted octanol–water partition coefficient (Wildman–Crippen LogP) is -2.33. The van der Waals surface area contributed by atoms with Crippen molar-refractivity contribution in [2.45, 2.75) is 0 Å². The minimum Gasteiger partial charge on any atom is -0.652 e. The Hall–Kier alpha value is 0.647. The molecular weight excluding hydrogens is 200 g/mol. The van der Waals surface area contributed by atoms with Gasteiger partial charge in [-0.05, 0) is 6.16 Å². The minimum atomic E-state index is -2.33. The molecule has 3 nitrogen and oxygen atoms in total. The van der Waals surface area contributed by atoms with Gasteiger partial charge in [0.25, 0.3) is 0 Å². The van der Waals surface area contributed by atoms with Gasteiger partial charge in [0.1, 0.15) is 0 Å². The van der Waals surface area contributed by atoms with Crippen molar-refractivity contribution in [3.8, 4) is 0 Å². The molecular formula is CHCeO3+2. The van der Waals surface area contributed by atoms with Crippen LogP contribution in [-0.2, 0) is 0 Å². The molecule has 0 aliphatic carbocycles. The van der Waals surface area contributed by atoms with E-state index in [-0.39, 0.29) is 43.2 Å². The van der Waals surface area contributed by atoms with Crippen LogP contribution in [0.1, 0.15) is 1.43 Å². The first-order valence-electron chi connectivity index (χ1n) is 0.612. The van der Waals surface area contributed by atoms with Crippen LogP contribution in [0.3, 0.4) is 0 Å². The van der Waals surface area contributed by atoms with E-state index in [1.165, 1.54) is 0 Å². The average Bonchev–Trinajstić information content (AvgIpc) is 0.811. The number of carbonyl (C=O) groups excluding carboxylic acids is 1. The summed E-state index contributed by atoms with van der Waals surface area (Å²) >= 11 is 0. The molecule has 0 atom stereocenters. The maximum absolute atomic E-state index is 8.33. The molecule has 0 aliphatic rings. The summed E-state index contributed by atoms with van der Waals surface area (Å²) in [6, 6.07) is 0. The van der Waals surface area contributed by atoms with E-state index >= 15 is 0 Å². The molecule has 0 bridgehead atoms. The second kappa shape index (κ2) is 4.65. The standard InChI is InChI=1S/CH2O3.Ce/c2-1(3)4;/h(H2,2,3,4);/q;+3/p-1. The van der Waals surface area contributed by atoms with E-state index in [0.717, 1.165) is 0 Å². The summed E-state index contributed by atoms with van der Waals surface area (Å²) in [7, 11) is 0. The Morgan fingerprint density at radius 2 is 1.60 bits per heavy atom. The number of hydrogen-bond donors (Lipinski definition) is 0. The van der Waals surface area contributed by atoms with Gasteiger partial charge in [-0.1, -0.05) is 0 Å². The average molecular weight is 201 g/mol. The van der Waals surface area contributed by atoms with Crippen LogP contribution in [0.25, 0.3) is 0 Å². The zero-order chi connectivity index (χ0) is 3.58. The monoisotopic (exact) mass is 201 g/mol. The van der Waals surface area contributed by atoms with Gasteiger partial charge >= 0.3 is 43.2 Å². The van der Waals surface area contributed by atoms with Gasteiger partial charge in [-0.2, -0.15) is 0 Å². The fourth-order valence-electron chi connectivity index (χ4n) is 0. The largest absolute Gasteiger partial charge is 3.00 e. The fraction of sp³-hybridized carbons (Fsp3) is 0. The molecule has 0 heterocycles. The maximum atomic E-state index is 8.33. The molecule has 0 unspecified atom stereocenters. The molecule has 1 radical (unpaired) electrons. The minimum absolute atomic E-state index is 0. The normalized spacial score (nSPS) is 4.80. The van der Waals surface area contributed by atoms with Crippen LogP contribution < -0.4 is 10.2 Å². The van der Waals surface area contributed by atoms with E-state index in [1.54, 1.807) is 0 Å². The van der Waals surface area contributed by atoms with Crippen molar-refractivity contribution in [1.29, 1.82) is 0 Å². The third-order valence-electron chi connectivity index (χ3n) is 0. The molecule has 0 rings (SSSR count). The molecule has 0 amide bonds. The first kappa shape index (κ1) is 9.17. The Kier molecular flexibility index (Phi) is 8.52. The zero-order valence-corrected chi connectivity index (χ0v) is 5.36. The third kappa shape index (κ3) is 77.8. The van der Waals surface area contributed by atoms with Gasteiger partial charge in [0.05, 0.1) is 0 Å². The van der Waals surface area contributed by atoms with Crippen molar-refractivity contribution >= 4 is 6.16 Å². The summed E-state index contributed by atoms with van der Waals surface area (Å²) in [5.74, 6) is 0. The van der Waals surface area contributed by atoms with E-state index in [4.69, 9.17) is 15.0 Å². The SMILES string of the molecule is O=C([O-])[O-].[Ce+3].[H+]. The van der Waals surface area contributed by atoms with E-state index in [0.29, 0.717) is 0 Å². The van der Waals surface area contributed by atoms with Gasteiger partial charge in [-0.3, -0.25) is 0 Å². The van der Waals surface area contributed by atoms with Crippen LogP contribution in [0.5, 0.6) is 0 Å². The van der Waals surface area contributed by atoms with Crippen molar-refractivity contribution in [1.82, 2.24) is 0 Å². The van der Waals surface area contributed by atoms with Crippen LogP contribution in [0.15, 0.2) is 0 Å². The van der Waals surface area contributed by atoms with Crippen molar-refractivity contribution < 1.29 is 58.2 Å². The Bertz CT molecular complexity index is 33.8. The Morgan fingerprint density at radius 1 is 1.60 bits per heavy atom. The Balaban J connectivity index is -0.0000000450. The molecule has 0 aliphatic heterocycles. The molecule has 4 heteroatoms. The van der Waals surface area contributed by atoms with E-state index in [1.807, 2.05) is 0 Å². The summed E-state index contributed by atoms with van der Waals surface area (Å²) in [4.78, 5) is 8.33. The van der Waals surface area contributed by atoms with Crippen molar-refractivity contribution in [2.24, 2.45) is 0 Å². The van der Waals surface area contributed by atoms with Crippen LogP contribution >= 0.6 is 0 Å². The Morgan fingerprint density at radius 3 is 1.60 bits per heavy atom. The molecule has 0 saturated heterocycles. The van der Waals surface area contributed by atoms with Gasteiger partial charge in [-0.15, -0.1) is 0 Å². The third-order valence-corrected chi connectivity index (χ3v) is 0. The molecule has 0 aromatic rings. The van der Waals surface area contributed by atoms with Gasteiger partial charge in [0, 0.05) is 0 Å².